The van der Waals surface area contributed by atoms with Crippen LogP contribution in [0.25, 0.3) is 0 Å². The van der Waals surface area contributed by atoms with Crippen molar-refractivity contribution in [1.82, 2.24) is 10.2 Å². The van der Waals surface area contributed by atoms with E-state index in [1.807, 2.05) is 17.0 Å². The van der Waals surface area contributed by atoms with Crippen molar-refractivity contribution in [2.75, 3.05) is 20.8 Å². The number of methoxy groups -OCH3 is 2. The number of ether oxygens (including phenoxy) is 2. The van der Waals surface area contributed by atoms with Gasteiger partial charge in [0.2, 0.25) is 11.8 Å². The smallest absolute Gasteiger partial charge is 0.240 e. The van der Waals surface area contributed by atoms with Crippen molar-refractivity contribution in [3.05, 3.63) is 23.3 Å². The number of amidine groups is 1. The third-order valence-corrected chi connectivity index (χ3v) is 7.18. The number of aliphatic imine (C=N–C) groups is 1. The van der Waals surface area contributed by atoms with Gasteiger partial charge in [0.05, 0.1) is 20.3 Å². The van der Waals surface area contributed by atoms with Gasteiger partial charge in [-0.3, -0.25) is 14.6 Å². The topological polar surface area (TPSA) is 80.2 Å². The summed E-state index contributed by atoms with van der Waals surface area (Å²) in [6, 6.07) is 4.24. The van der Waals surface area contributed by atoms with Crippen LogP contribution in [0.1, 0.15) is 49.7 Å². The Kier molecular flexibility index (Phi) is 6.51. The highest BCUT2D eigenvalue weighted by Crippen LogP contribution is 2.34. The molecule has 0 bridgehead atoms. The quantitative estimate of drug-likeness (QED) is 0.775. The van der Waals surface area contributed by atoms with Crippen LogP contribution in [0.4, 0.5) is 0 Å². The summed E-state index contributed by atoms with van der Waals surface area (Å²) in [6.07, 6.45) is 6.82. The fourth-order valence-corrected chi connectivity index (χ4v) is 5.39. The Morgan fingerprint density at radius 2 is 1.87 bits per heavy atom. The summed E-state index contributed by atoms with van der Waals surface area (Å²) in [5.74, 6) is 1.27. The van der Waals surface area contributed by atoms with Crippen molar-refractivity contribution >= 4 is 28.7 Å². The zero-order chi connectivity index (χ0) is 21.1. The molecule has 1 saturated carbocycles. The van der Waals surface area contributed by atoms with Crippen molar-refractivity contribution in [2.24, 2.45) is 4.99 Å². The summed E-state index contributed by atoms with van der Waals surface area (Å²) in [7, 11) is 3.23. The van der Waals surface area contributed by atoms with E-state index in [4.69, 9.17) is 14.5 Å². The van der Waals surface area contributed by atoms with Gasteiger partial charge in [0.1, 0.15) is 5.25 Å². The van der Waals surface area contributed by atoms with Gasteiger partial charge in [-0.05, 0) is 42.5 Å². The fraction of sp³-hybridized carbons (Fsp3) is 0.591. The lowest BCUT2D eigenvalue weighted by atomic mass is 9.96. The van der Waals surface area contributed by atoms with E-state index in [2.05, 4.69) is 5.32 Å². The van der Waals surface area contributed by atoms with Gasteiger partial charge in [-0.2, -0.15) is 0 Å². The Balaban J connectivity index is 1.37. The Hall–Kier alpha value is -2.22. The van der Waals surface area contributed by atoms with Crippen LogP contribution in [0.2, 0.25) is 0 Å². The van der Waals surface area contributed by atoms with Crippen molar-refractivity contribution in [2.45, 2.75) is 62.8 Å². The lowest BCUT2D eigenvalue weighted by Gasteiger charge is -2.30. The van der Waals surface area contributed by atoms with Gasteiger partial charge in [-0.1, -0.05) is 31.0 Å². The second-order valence-electron chi connectivity index (χ2n) is 8.07. The molecule has 4 rings (SSSR count). The lowest BCUT2D eigenvalue weighted by molar-refractivity contribution is -0.133. The first kappa shape index (κ1) is 21.0. The number of thioether (sulfide) groups is 1. The van der Waals surface area contributed by atoms with Crippen LogP contribution in [0.15, 0.2) is 17.1 Å². The number of hydrogen-bond acceptors (Lipinski definition) is 6. The Bertz CT molecular complexity index is 851. The summed E-state index contributed by atoms with van der Waals surface area (Å²) < 4.78 is 10.8. The van der Waals surface area contributed by atoms with E-state index in [-0.39, 0.29) is 18.2 Å². The summed E-state index contributed by atoms with van der Waals surface area (Å²) in [5.41, 5.74) is 2.24. The number of fused-ring (bicyclic) bond motifs is 1. The molecule has 3 aliphatic rings. The average molecular weight is 432 g/mol. The largest absolute Gasteiger partial charge is 0.493 e. The first-order valence-corrected chi connectivity index (χ1v) is 11.5. The van der Waals surface area contributed by atoms with Gasteiger partial charge < -0.3 is 19.7 Å². The van der Waals surface area contributed by atoms with E-state index in [1.165, 1.54) is 36.6 Å². The van der Waals surface area contributed by atoms with Crippen LogP contribution in [0.5, 0.6) is 11.5 Å². The molecule has 1 aromatic carbocycles. The van der Waals surface area contributed by atoms with E-state index in [1.54, 1.807) is 14.2 Å². The maximum atomic E-state index is 12.9. The van der Waals surface area contributed by atoms with E-state index in [0.717, 1.165) is 24.8 Å². The first-order chi connectivity index (χ1) is 14.6. The highest BCUT2D eigenvalue weighted by atomic mass is 32.2. The first-order valence-electron chi connectivity index (χ1n) is 10.6. The third-order valence-electron chi connectivity index (χ3n) is 6.08. The van der Waals surface area contributed by atoms with E-state index < -0.39 is 5.25 Å². The van der Waals surface area contributed by atoms with Crippen LogP contribution < -0.4 is 14.8 Å². The lowest BCUT2D eigenvalue weighted by Crippen LogP contribution is -2.38. The summed E-state index contributed by atoms with van der Waals surface area (Å²) >= 11 is 1.41. The van der Waals surface area contributed by atoms with Gasteiger partial charge in [0.25, 0.3) is 0 Å². The van der Waals surface area contributed by atoms with E-state index in [0.29, 0.717) is 35.8 Å². The second-order valence-corrected chi connectivity index (χ2v) is 9.26. The molecule has 7 nitrogen and oxygen atoms in total. The highest BCUT2D eigenvalue weighted by Gasteiger charge is 2.34. The summed E-state index contributed by atoms with van der Waals surface area (Å²) in [5, 5.41) is 3.16. The molecular weight excluding hydrogens is 402 g/mol. The van der Waals surface area contributed by atoms with Crippen molar-refractivity contribution in [3.8, 4) is 11.5 Å². The molecule has 0 spiro atoms. The summed E-state index contributed by atoms with van der Waals surface area (Å²) in [6.45, 7) is 1.17. The van der Waals surface area contributed by atoms with Crippen LogP contribution in [-0.4, -0.2) is 53.9 Å². The van der Waals surface area contributed by atoms with Gasteiger partial charge in [0.15, 0.2) is 16.7 Å². The Morgan fingerprint density at radius 1 is 1.17 bits per heavy atom. The molecule has 1 aliphatic carbocycles. The van der Waals surface area contributed by atoms with Crippen molar-refractivity contribution < 1.29 is 19.1 Å². The van der Waals surface area contributed by atoms with Gasteiger partial charge >= 0.3 is 0 Å². The van der Waals surface area contributed by atoms with Crippen LogP contribution in [0.3, 0.4) is 0 Å². The second kappa shape index (κ2) is 9.29. The number of carbonyl (C=O) groups is 2. The number of carbonyl (C=O) groups excluding carboxylic acids is 2. The number of nitrogens with zero attached hydrogens (tertiary/aromatic N) is 2. The molecule has 2 heterocycles. The Labute approximate surface area is 181 Å². The maximum Gasteiger partial charge on any atom is 0.240 e. The SMILES string of the molecule is COc1cc2c(cc1OC)CN(C(=O)CC1SC(=NC3CCCCC3)NC1=O)CC2. The number of nitrogens with one attached hydrogen (secondary N) is 1. The van der Waals surface area contributed by atoms with Gasteiger partial charge in [-0.15, -0.1) is 0 Å². The Morgan fingerprint density at radius 3 is 2.57 bits per heavy atom. The zero-order valence-corrected chi connectivity index (χ0v) is 18.4. The standard InChI is InChI=1S/C22H29N3O4S/c1-28-17-10-14-8-9-25(13-15(14)11-18(17)29-2)20(26)12-19-21(27)24-22(30-19)23-16-6-4-3-5-7-16/h10-11,16,19H,3-9,12-13H2,1-2H3,(H,23,24,27). The fourth-order valence-electron chi connectivity index (χ4n) is 4.36. The van der Waals surface area contributed by atoms with Crippen LogP contribution in [0, 0.1) is 0 Å². The van der Waals surface area contributed by atoms with Gasteiger partial charge in [0, 0.05) is 19.5 Å². The van der Waals surface area contributed by atoms with Gasteiger partial charge in [-0.25, -0.2) is 0 Å². The molecule has 1 aromatic rings. The molecule has 1 unspecified atom stereocenters. The number of amides is 2. The monoisotopic (exact) mass is 431 g/mol. The molecule has 2 aliphatic heterocycles. The van der Waals surface area contributed by atoms with E-state index in [9.17, 15) is 9.59 Å². The minimum absolute atomic E-state index is 0.00185. The van der Waals surface area contributed by atoms with Crippen LogP contribution in [-0.2, 0) is 22.6 Å². The van der Waals surface area contributed by atoms with Crippen molar-refractivity contribution in [1.29, 1.82) is 0 Å². The zero-order valence-electron chi connectivity index (χ0n) is 17.6. The molecule has 8 heteroatoms. The van der Waals surface area contributed by atoms with Crippen molar-refractivity contribution in [3.63, 3.8) is 0 Å². The van der Waals surface area contributed by atoms with Crippen LogP contribution >= 0.6 is 11.8 Å². The molecule has 1 N–H and O–H groups in total. The molecule has 1 saturated heterocycles. The molecular formula is C22H29N3O4S. The molecule has 0 aromatic heterocycles. The minimum atomic E-state index is -0.397. The number of benzene rings is 1. The normalized spacial score (nSPS) is 23.3. The predicted octanol–water partition coefficient (Wildman–Crippen LogP) is 2.90. The molecule has 2 amide bonds. The average Bonchev–Trinajstić information content (AvgIpc) is 3.11. The number of rotatable bonds is 5. The molecule has 30 heavy (non-hydrogen) atoms. The minimum Gasteiger partial charge on any atom is -0.493 e. The van der Waals surface area contributed by atoms with E-state index >= 15 is 0 Å². The molecule has 2 fully saturated rings. The molecule has 162 valence electrons. The highest BCUT2D eigenvalue weighted by molar-refractivity contribution is 8.15. The molecule has 0 radical (unpaired) electrons. The summed E-state index contributed by atoms with van der Waals surface area (Å²) in [4.78, 5) is 31.9. The maximum absolute atomic E-state index is 12.9. The number of hydrogen-bond donors (Lipinski definition) is 1. The predicted molar refractivity (Wildman–Crippen MR) is 117 cm³/mol. The molecule has 1 atom stereocenters. The third kappa shape index (κ3) is 4.58.